The van der Waals surface area contributed by atoms with Gasteiger partial charge in [-0.25, -0.2) is 4.98 Å². The van der Waals surface area contributed by atoms with Crippen molar-refractivity contribution in [2.45, 2.75) is 51.4 Å². The monoisotopic (exact) mass is 301 g/mol. The Bertz CT molecular complexity index is 441. The first-order valence-corrected chi connectivity index (χ1v) is 9.73. The molecule has 0 unspecified atom stereocenters. The van der Waals surface area contributed by atoms with Crippen molar-refractivity contribution >= 4 is 19.9 Å². The molecule has 1 aromatic rings. The van der Waals surface area contributed by atoms with E-state index in [4.69, 9.17) is 16.0 Å². The first-order valence-electron chi connectivity index (χ1n) is 6.44. The average Bonchev–Trinajstić information content (AvgIpc) is 2.25. The number of nitrogens with zero attached hydrogens (tertiary/aromatic N) is 1. The lowest BCUT2D eigenvalue weighted by atomic mass is 9.99. The Hall–Kier alpha value is -0.423. The van der Waals surface area contributed by atoms with Gasteiger partial charge < -0.3 is 9.53 Å². The average molecular weight is 302 g/mol. The Balaban J connectivity index is 2.82. The molecule has 1 atom stereocenters. The van der Waals surface area contributed by atoms with Crippen molar-refractivity contribution < 1.29 is 9.53 Å². The van der Waals surface area contributed by atoms with Crippen molar-refractivity contribution in [1.82, 2.24) is 4.98 Å². The maximum absolute atomic E-state index is 10.6. The van der Waals surface area contributed by atoms with Crippen LogP contribution in [0.2, 0.25) is 23.3 Å². The molecule has 19 heavy (non-hydrogen) atoms. The normalized spacial score (nSPS) is 16.2. The lowest BCUT2D eigenvalue weighted by Gasteiger charge is -2.38. The van der Waals surface area contributed by atoms with Crippen LogP contribution in [0.5, 0.6) is 0 Å². The molecule has 0 fully saturated rings. The highest BCUT2D eigenvalue weighted by Crippen LogP contribution is 2.37. The summed E-state index contributed by atoms with van der Waals surface area (Å²) in [5.74, 6) is 0. The van der Waals surface area contributed by atoms with Crippen LogP contribution in [0, 0.1) is 0 Å². The third-order valence-corrected chi connectivity index (χ3v) is 8.55. The second kappa shape index (κ2) is 5.52. The van der Waals surface area contributed by atoms with Gasteiger partial charge in [0.05, 0.1) is 6.61 Å². The standard InChI is InChI=1S/C14H24ClNO2Si/c1-13(2,3)19(5,6)18-10-14(4,17)11-7-8-16-12(15)9-11/h7-9,17H,10H2,1-6H3/t14-/m1/s1. The van der Waals surface area contributed by atoms with Crippen molar-refractivity contribution in [3.63, 3.8) is 0 Å². The minimum absolute atomic E-state index is 0.124. The van der Waals surface area contributed by atoms with E-state index in [2.05, 4.69) is 38.8 Å². The van der Waals surface area contributed by atoms with Gasteiger partial charge in [-0.2, -0.15) is 0 Å². The molecule has 3 nitrogen and oxygen atoms in total. The molecule has 0 bridgehead atoms. The molecule has 0 aliphatic rings. The summed E-state index contributed by atoms with van der Waals surface area (Å²) in [6.07, 6.45) is 1.60. The Morgan fingerprint density at radius 2 is 1.89 bits per heavy atom. The second-order valence-electron chi connectivity index (χ2n) is 6.69. The van der Waals surface area contributed by atoms with Gasteiger partial charge in [0.25, 0.3) is 0 Å². The van der Waals surface area contributed by atoms with E-state index < -0.39 is 13.9 Å². The van der Waals surface area contributed by atoms with Crippen LogP contribution in [-0.2, 0) is 10.0 Å². The van der Waals surface area contributed by atoms with Crippen LogP contribution in [0.1, 0.15) is 33.3 Å². The molecule has 1 N–H and O–H groups in total. The van der Waals surface area contributed by atoms with Crippen LogP contribution in [0.25, 0.3) is 0 Å². The first-order chi connectivity index (χ1) is 8.46. The van der Waals surface area contributed by atoms with Gasteiger partial charge in [-0.05, 0) is 42.8 Å². The van der Waals surface area contributed by atoms with E-state index in [1.807, 2.05) is 0 Å². The number of hydrogen-bond acceptors (Lipinski definition) is 3. The van der Waals surface area contributed by atoms with Crippen LogP contribution in [0.3, 0.4) is 0 Å². The highest BCUT2D eigenvalue weighted by molar-refractivity contribution is 6.74. The van der Waals surface area contributed by atoms with E-state index in [1.165, 1.54) is 0 Å². The predicted octanol–water partition coefficient (Wildman–Crippen LogP) is 3.96. The molecule has 0 aliphatic heterocycles. The van der Waals surface area contributed by atoms with Gasteiger partial charge in [0.1, 0.15) is 10.8 Å². The summed E-state index contributed by atoms with van der Waals surface area (Å²) in [4.78, 5) is 3.92. The highest BCUT2D eigenvalue weighted by atomic mass is 35.5. The third kappa shape index (κ3) is 4.28. The fourth-order valence-electron chi connectivity index (χ4n) is 1.36. The molecule has 0 saturated carbocycles. The molecule has 0 spiro atoms. The number of rotatable bonds is 4. The van der Waals surface area contributed by atoms with Gasteiger partial charge in [-0.1, -0.05) is 32.4 Å². The molecule has 0 saturated heterocycles. The van der Waals surface area contributed by atoms with Crippen LogP contribution < -0.4 is 0 Å². The Morgan fingerprint density at radius 1 is 1.32 bits per heavy atom. The second-order valence-corrected chi connectivity index (χ2v) is 11.9. The van der Waals surface area contributed by atoms with Crippen molar-refractivity contribution in [2.75, 3.05) is 6.61 Å². The summed E-state index contributed by atoms with van der Waals surface area (Å²) in [5.41, 5.74) is -0.326. The van der Waals surface area contributed by atoms with E-state index in [-0.39, 0.29) is 11.6 Å². The maximum Gasteiger partial charge on any atom is 0.192 e. The van der Waals surface area contributed by atoms with Crippen LogP contribution >= 0.6 is 11.6 Å². The predicted molar refractivity (Wildman–Crippen MR) is 82.0 cm³/mol. The highest BCUT2D eigenvalue weighted by Gasteiger charge is 2.39. The SMILES string of the molecule is CC(C)(C)[Si](C)(C)OC[C@@](C)(O)c1ccnc(Cl)c1. The summed E-state index contributed by atoms with van der Waals surface area (Å²) >= 11 is 5.86. The number of hydrogen-bond donors (Lipinski definition) is 1. The Morgan fingerprint density at radius 3 is 2.37 bits per heavy atom. The third-order valence-electron chi connectivity index (χ3n) is 3.87. The lowest BCUT2D eigenvalue weighted by Crippen LogP contribution is -2.44. The molecular formula is C14H24ClNO2Si. The molecule has 0 radical (unpaired) electrons. The molecule has 1 heterocycles. The van der Waals surface area contributed by atoms with Crippen molar-refractivity contribution in [2.24, 2.45) is 0 Å². The smallest absolute Gasteiger partial charge is 0.192 e. The summed E-state index contributed by atoms with van der Waals surface area (Å²) in [5, 5.41) is 11.1. The van der Waals surface area contributed by atoms with Crippen molar-refractivity contribution in [3.05, 3.63) is 29.0 Å². The fraction of sp³-hybridized carbons (Fsp3) is 0.643. The number of halogens is 1. The summed E-state index contributed by atoms with van der Waals surface area (Å²) in [7, 11) is -1.87. The van der Waals surface area contributed by atoms with Gasteiger partial charge in [0.2, 0.25) is 0 Å². The fourth-order valence-corrected chi connectivity index (χ4v) is 2.61. The van der Waals surface area contributed by atoms with Gasteiger partial charge in [0.15, 0.2) is 8.32 Å². The van der Waals surface area contributed by atoms with Crippen molar-refractivity contribution in [1.29, 1.82) is 0 Å². The topological polar surface area (TPSA) is 42.4 Å². The lowest BCUT2D eigenvalue weighted by molar-refractivity contribution is 0.00255. The van der Waals surface area contributed by atoms with E-state index in [0.29, 0.717) is 5.15 Å². The molecule has 0 aliphatic carbocycles. The minimum Gasteiger partial charge on any atom is -0.414 e. The van der Waals surface area contributed by atoms with Crippen molar-refractivity contribution in [3.8, 4) is 0 Å². The van der Waals surface area contributed by atoms with E-state index in [1.54, 1.807) is 25.3 Å². The summed E-state index contributed by atoms with van der Waals surface area (Å²) in [6.45, 7) is 12.9. The molecular weight excluding hydrogens is 278 g/mol. The Labute approximate surface area is 122 Å². The number of pyridine rings is 1. The first kappa shape index (κ1) is 16.6. The largest absolute Gasteiger partial charge is 0.414 e. The van der Waals surface area contributed by atoms with E-state index in [0.717, 1.165) is 5.56 Å². The quantitative estimate of drug-likeness (QED) is 0.676. The van der Waals surface area contributed by atoms with Gasteiger partial charge in [0, 0.05) is 6.20 Å². The van der Waals surface area contributed by atoms with Gasteiger partial charge in [-0.15, -0.1) is 0 Å². The Kier molecular flexibility index (Phi) is 4.83. The molecule has 1 aromatic heterocycles. The molecule has 108 valence electrons. The van der Waals surface area contributed by atoms with E-state index >= 15 is 0 Å². The van der Waals surface area contributed by atoms with Crippen LogP contribution in [0.4, 0.5) is 0 Å². The molecule has 5 heteroatoms. The maximum atomic E-state index is 10.6. The number of aliphatic hydroxyl groups is 1. The van der Waals surface area contributed by atoms with Gasteiger partial charge >= 0.3 is 0 Å². The zero-order valence-corrected chi connectivity index (χ0v) is 14.4. The number of aromatic nitrogens is 1. The molecule has 0 aromatic carbocycles. The summed E-state index contributed by atoms with van der Waals surface area (Å²) in [6, 6.07) is 3.44. The van der Waals surface area contributed by atoms with Gasteiger partial charge in [-0.3, -0.25) is 0 Å². The minimum atomic E-state index is -1.87. The summed E-state index contributed by atoms with van der Waals surface area (Å²) < 4.78 is 6.08. The molecule has 0 amide bonds. The van der Waals surface area contributed by atoms with Crippen LogP contribution in [-0.4, -0.2) is 25.0 Å². The van der Waals surface area contributed by atoms with Crippen LogP contribution in [0.15, 0.2) is 18.3 Å². The zero-order chi connectivity index (χ0) is 14.9. The zero-order valence-electron chi connectivity index (χ0n) is 12.6. The van der Waals surface area contributed by atoms with E-state index in [9.17, 15) is 5.11 Å². The molecule has 1 rings (SSSR count).